The molecule has 0 radical (unpaired) electrons. The van der Waals surface area contributed by atoms with Crippen LogP contribution >= 0.6 is 0 Å². The maximum atomic E-state index is 9.53. The molecular formula is C12H14N2O. The van der Waals surface area contributed by atoms with Crippen molar-refractivity contribution < 1.29 is 5.11 Å². The molecule has 78 valence electrons. The van der Waals surface area contributed by atoms with E-state index >= 15 is 0 Å². The topological polar surface area (TPSA) is 37.5 Å². The summed E-state index contributed by atoms with van der Waals surface area (Å²) >= 11 is 0. The highest BCUT2D eigenvalue weighted by molar-refractivity contribution is 5.42. The van der Waals surface area contributed by atoms with Crippen molar-refractivity contribution in [2.45, 2.75) is 24.7 Å². The van der Waals surface area contributed by atoms with Gasteiger partial charge >= 0.3 is 0 Å². The molecule has 1 aliphatic rings. The first-order valence-electron chi connectivity index (χ1n) is 5.39. The Labute approximate surface area is 88.4 Å². The van der Waals surface area contributed by atoms with Crippen LogP contribution < -0.4 is 0 Å². The van der Waals surface area contributed by atoms with Crippen LogP contribution in [0.4, 0.5) is 0 Å². The average molecular weight is 202 g/mol. The lowest BCUT2D eigenvalue weighted by atomic mass is 9.67. The Morgan fingerprint density at radius 1 is 1.40 bits per heavy atom. The van der Waals surface area contributed by atoms with Crippen molar-refractivity contribution >= 4 is 5.65 Å². The van der Waals surface area contributed by atoms with E-state index in [0.717, 1.165) is 24.2 Å². The summed E-state index contributed by atoms with van der Waals surface area (Å²) in [4.78, 5) is 4.37. The van der Waals surface area contributed by atoms with E-state index in [0.29, 0.717) is 0 Å². The lowest BCUT2D eigenvalue weighted by molar-refractivity contribution is 0.115. The van der Waals surface area contributed by atoms with E-state index in [4.69, 9.17) is 0 Å². The Morgan fingerprint density at radius 2 is 2.27 bits per heavy atom. The molecule has 0 amide bonds. The Hall–Kier alpha value is -1.35. The van der Waals surface area contributed by atoms with Crippen molar-refractivity contribution in [2.24, 2.45) is 0 Å². The molecule has 2 aromatic rings. The van der Waals surface area contributed by atoms with Gasteiger partial charge in [-0.2, -0.15) is 0 Å². The van der Waals surface area contributed by atoms with Crippen LogP contribution in [0.25, 0.3) is 5.65 Å². The lowest BCUT2D eigenvalue weighted by Crippen LogP contribution is -2.39. The first-order valence-corrected chi connectivity index (χ1v) is 5.39. The van der Waals surface area contributed by atoms with E-state index in [-0.39, 0.29) is 12.0 Å². The van der Waals surface area contributed by atoms with Crippen LogP contribution in [0.2, 0.25) is 0 Å². The van der Waals surface area contributed by atoms with Gasteiger partial charge in [0.1, 0.15) is 5.65 Å². The molecule has 0 spiro atoms. The molecule has 1 N–H and O–H groups in total. The maximum absolute atomic E-state index is 9.53. The molecule has 3 rings (SSSR count). The van der Waals surface area contributed by atoms with Crippen LogP contribution in [-0.4, -0.2) is 21.1 Å². The number of imidazole rings is 1. The maximum Gasteiger partial charge on any atom is 0.136 e. The first kappa shape index (κ1) is 8.92. The Kier molecular flexibility index (Phi) is 1.83. The molecule has 3 nitrogen and oxygen atoms in total. The molecule has 0 aliphatic heterocycles. The number of hydrogen-bond acceptors (Lipinski definition) is 2. The summed E-state index contributed by atoms with van der Waals surface area (Å²) in [6, 6.07) is 5.98. The summed E-state index contributed by atoms with van der Waals surface area (Å²) in [7, 11) is 0. The normalized spacial score (nSPS) is 19.0. The van der Waals surface area contributed by atoms with Crippen LogP contribution in [0, 0.1) is 0 Å². The molecule has 1 saturated carbocycles. The zero-order valence-corrected chi connectivity index (χ0v) is 8.56. The minimum Gasteiger partial charge on any atom is -0.395 e. The van der Waals surface area contributed by atoms with Gasteiger partial charge in [-0.25, -0.2) is 4.98 Å². The van der Waals surface area contributed by atoms with E-state index in [9.17, 15) is 5.11 Å². The zero-order chi connectivity index (χ0) is 10.3. The number of aliphatic hydroxyl groups is 1. The molecule has 15 heavy (non-hydrogen) atoms. The monoisotopic (exact) mass is 202 g/mol. The fourth-order valence-corrected chi connectivity index (χ4v) is 2.42. The summed E-state index contributed by atoms with van der Waals surface area (Å²) in [5.74, 6) is 0. The van der Waals surface area contributed by atoms with Gasteiger partial charge in [-0.1, -0.05) is 12.5 Å². The third-order valence-corrected chi connectivity index (χ3v) is 3.57. The Bertz CT molecular complexity index is 480. The van der Waals surface area contributed by atoms with Crippen molar-refractivity contribution in [3.05, 3.63) is 36.3 Å². The minimum absolute atomic E-state index is 0.0270. The van der Waals surface area contributed by atoms with Crippen LogP contribution in [-0.2, 0) is 5.41 Å². The standard InChI is InChI=1S/C12H14N2O/c15-9-12(5-3-6-12)10-8-13-11-4-1-2-7-14(10)11/h1-2,4,7-8,15H,3,5-6,9H2. The lowest BCUT2D eigenvalue weighted by Gasteiger charge is -2.39. The molecule has 2 aromatic heterocycles. The molecule has 0 atom stereocenters. The minimum atomic E-state index is -0.0270. The van der Waals surface area contributed by atoms with Gasteiger partial charge in [-0.05, 0) is 25.0 Å². The van der Waals surface area contributed by atoms with E-state index in [1.807, 2.05) is 30.6 Å². The number of fused-ring (bicyclic) bond motifs is 1. The molecule has 0 bridgehead atoms. The predicted octanol–water partition coefficient (Wildman–Crippen LogP) is 1.75. The van der Waals surface area contributed by atoms with Gasteiger partial charge in [0.2, 0.25) is 0 Å². The van der Waals surface area contributed by atoms with Crippen LogP contribution in [0.1, 0.15) is 25.0 Å². The number of nitrogens with zero attached hydrogens (tertiary/aromatic N) is 2. The molecule has 1 fully saturated rings. The van der Waals surface area contributed by atoms with Crippen molar-refractivity contribution in [1.29, 1.82) is 0 Å². The number of pyridine rings is 1. The summed E-state index contributed by atoms with van der Waals surface area (Å²) in [6.45, 7) is 0.232. The number of aliphatic hydroxyl groups excluding tert-OH is 1. The first-order chi connectivity index (χ1) is 7.36. The smallest absolute Gasteiger partial charge is 0.136 e. The third-order valence-electron chi connectivity index (χ3n) is 3.57. The Balaban J connectivity index is 2.18. The number of aromatic nitrogens is 2. The van der Waals surface area contributed by atoms with E-state index in [2.05, 4.69) is 9.38 Å². The van der Waals surface area contributed by atoms with Crippen molar-refractivity contribution in [2.75, 3.05) is 6.61 Å². The van der Waals surface area contributed by atoms with Crippen LogP contribution in [0.5, 0.6) is 0 Å². The Morgan fingerprint density at radius 3 is 2.93 bits per heavy atom. The molecule has 0 aromatic carbocycles. The van der Waals surface area contributed by atoms with Crippen LogP contribution in [0.15, 0.2) is 30.6 Å². The van der Waals surface area contributed by atoms with Crippen molar-refractivity contribution in [1.82, 2.24) is 9.38 Å². The molecule has 3 heteroatoms. The third kappa shape index (κ3) is 1.13. The summed E-state index contributed by atoms with van der Waals surface area (Å²) in [6.07, 6.45) is 7.29. The number of rotatable bonds is 2. The van der Waals surface area contributed by atoms with E-state index < -0.39 is 0 Å². The highest BCUT2D eigenvalue weighted by Gasteiger charge is 2.40. The van der Waals surface area contributed by atoms with Crippen molar-refractivity contribution in [3.63, 3.8) is 0 Å². The average Bonchev–Trinajstić information content (AvgIpc) is 2.62. The molecular weight excluding hydrogens is 188 g/mol. The second-order valence-electron chi connectivity index (χ2n) is 4.36. The summed E-state index contributed by atoms with van der Waals surface area (Å²) < 4.78 is 2.09. The van der Waals surface area contributed by atoms with Crippen molar-refractivity contribution in [3.8, 4) is 0 Å². The largest absolute Gasteiger partial charge is 0.395 e. The van der Waals surface area contributed by atoms with Crippen LogP contribution in [0.3, 0.4) is 0 Å². The fourth-order valence-electron chi connectivity index (χ4n) is 2.42. The molecule has 1 aliphatic carbocycles. The highest BCUT2D eigenvalue weighted by Crippen LogP contribution is 2.43. The second-order valence-corrected chi connectivity index (χ2v) is 4.36. The van der Waals surface area contributed by atoms with Gasteiger partial charge in [0.25, 0.3) is 0 Å². The SMILES string of the molecule is OCC1(c2cnc3ccccn23)CCC1. The molecule has 0 saturated heterocycles. The van der Waals surface area contributed by atoms with Gasteiger partial charge in [-0.3, -0.25) is 0 Å². The van der Waals surface area contributed by atoms with Gasteiger partial charge < -0.3 is 9.51 Å². The second kappa shape index (κ2) is 3.07. The highest BCUT2D eigenvalue weighted by atomic mass is 16.3. The van der Waals surface area contributed by atoms with E-state index in [1.165, 1.54) is 6.42 Å². The van der Waals surface area contributed by atoms with Gasteiger partial charge in [0, 0.05) is 17.8 Å². The fraction of sp³-hybridized carbons (Fsp3) is 0.417. The van der Waals surface area contributed by atoms with Gasteiger partial charge in [-0.15, -0.1) is 0 Å². The van der Waals surface area contributed by atoms with E-state index in [1.54, 1.807) is 0 Å². The zero-order valence-electron chi connectivity index (χ0n) is 8.56. The van der Waals surface area contributed by atoms with Gasteiger partial charge in [0.15, 0.2) is 0 Å². The summed E-state index contributed by atoms with van der Waals surface area (Å²) in [5, 5.41) is 9.53. The number of hydrogen-bond donors (Lipinski definition) is 1. The van der Waals surface area contributed by atoms with Gasteiger partial charge in [0.05, 0.1) is 12.3 Å². The molecule has 0 unspecified atom stereocenters. The quantitative estimate of drug-likeness (QED) is 0.805. The predicted molar refractivity (Wildman–Crippen MR) is 57.8 cm³/mol. The molecule has 2 heterocycles. The summed E-state index contributed by atoms with van der Waals surface area (Å²) in [5.41, 5.74) is 2.10.